The lowest BCUT2D eigenvalue weighted by molar-refractivity contribution is -0.149. The highest BCUT2D eigenvalue weighted by atomic mass is 16.5. The minimum absolute atomic E-state index is 0.338. The minimum atomic E-state index is -1.67. The Morgan fingerprint density at radius 1 is 1.14 bits per heavy atom. The molecule has 0 aromatic heterocycles. The van der Waals surface area contributed by atoms with Gasteiger partial charge in [-0.15, -0.1) is 6.58 Å². The predicted molar refractivity (Wildman–Crippen MR) is 131 cm³/mol. The topological polar surface area (TPSA) is 101 Å². The molecule has 1 heterocycles. The Morgan fingerprint density at radius 3 is 2.44 bits per heavy atom. The molecule has 8 heteroatoms. The Balaban J connectivity index is 1.93. The molecule has 36 heavy (non-hydrogen) atoms. The van der Waals surface area contributed by atoms with Crippen LogP contribution in [0.15, 0.2) is 49.1 Å². The Kier molecular flexibility index (Phi) is 7.00. The number of carbonyl (C=O) groups excluding carboxylic acids is 2. The number of benzene rings is 2. The molecule has 1 saturated carbocycles. The van der Waals surface area contributed by atoms with E-state index >= 15 is 0 Å². The highest BCUT2D eigenvalue weighted by molar-refractivity contribution is 5.76. The van der Waals surface area contributed by atoms with Crippen LogP contribution >= 0.6 is 0 Å². The van der Waals surface area contributed by atoms with Gasteiger partial charge in [-0.05, 0) is 24.1 Å². The molecule has 1 N–H and O–H groups in total. The number of aliphatic hydroxyl groups is 1. The minimum Gasteiger partial charge on any atom is -0.497 e. The SMILES string of the molecule is C=C[C@@H]1[C@@H](C(=O)OC)[C@@H](C)[C@@]2(O)c3c(OC)cc(OCCCC=O)cc3O[C@@]12c1ccc(OC)cc1. The number of unbranched alkanes of at least 4 members (excludes halogenated alkanes) is 1. The quantitative estimate of drug-likeness (QED) is 0.230. The summed E-state index contributed by atoms with van der Waals surface area (Å²) in [5.41, 5.74) is -1.98. The van der Waals surface area contributed by atoms with E-state index in [1.807, 2.05) is 19.1 Å². The summed E-state index contributed by atoms with van der Waals surface area (Å²) in [6.45, 7) is 6.16. The average Bonchev–Trinajstić information content (AvgIpc) is 3.28. The number of aldehydes is 1. The average molecular weight is 497 g/mol. The summed E-state index contributed by atoms with van der Waals surface area (Å²) in [6.07, 6.45) is 3.46. The van der Waals surface area contributed by atoms with Crippen molar-refractivity contribution in [2.24, 2.45) is 17.8 Å². The Morgan fingerprint density at radius 2 is 1.86 bits per heavy atom. The number of carbonyl (C=O) groups is 2. The molecule has 5 atom stereocenters. The van der Waals surface area contributed by atoms with Crippen molar-refractivity contribution in [3.05, 3.63) is 60.2 Å². The van der Waals surface area contributed by atoms with Crippen molar-refractivity contribution in [1.29, 1.82) is 0 Å². The number of methoxy groups -OCH3 is 3. The van der Waals surface area contributed by atoms with E-state index in [0.717, 1.165) is 6.29 Å². The monoisotopic (exact) mass is 496 g/mol. The number of rotatable bonds is 10. The molecular formula is C28H32O8. The summed E-state index contributed by atoms with van der Waals surface area (Å²) in [4.78, 5) is 23.6. The van der Waals surface area contributed by atoms with E-state index in [-0.39, 0.29) is 0 Å². The molecule has 2 aromatic rings. The lowest BCUT2D eigenvalue weighted by Crippen LogP contribution is -2.50. The number of esters is 1. The maximum Gasteiger partial charge on any atom is 0.309 e. The van der Waals surface area contributed by atoms with Crippen LogP contribution in [0.1, 0.15) is 30.9 Å². The molecule has 0 saturated heterocycles. The Hall–Kier alpha value is -3.52. The third kappa shape index (κ3) is 3.54. The van der Waals surface area contributed by atoms with Gasteiger partial charge in [-0.1, -0.05) is 25.1 Å². The van der Waals surface area contributed by atoms with Crippen LogP contribution in [0.3, 0.4) is 0 Å². The van der Waals surface area contributed by atoms with Crippen molar-refractivity contribution >= 4 is 12.3 Å². The second-order valence-corrected chi connectivity index (χ2v) is 9.09. The van der Waals surface area contributed by atoms with Crippen LogP contribution in [0.25, 0.3) is 0 Å². The number of fused-ring (bicyclic) bond motifs is 3. The standard InChI is InChI=1S/C28H32O8/c1-6-21-24(26(30)34-5)17(2)27(31)25-22(33-4)15-20(35-14-8-7-13-29)16-23(25)36-28(21,27)18-9-11-19(32-3)12-10-18/h6,9-13,15-17,21,24,31H,1,7-8,14H2,2-5H3/t17-,21-,24+,27-,28+/m1/s1. The van der Waals surface area contributed by atoms with Gasteiger partial charge in [0.25, 0.3) is 0 Å². The number of hydrogen-bond donors (Lipinski definition) is 1. The molecule has 2 aromatic carbocycles. The molecule has 1 fully saturated rings. The third-order valence-electron chi connectivity index (χ3n) is 7.51. The summed E-state index contributed by atoms with van der Waals surface area (Å²) in [5, 5.41) is 12.7. The zero-order valence-electron chi connectivity index (χ0n) is 21.0. The summed E-state index contributed by atoms with van der Waals surface area (Å²) >= 11 is 0. The van der Waals surface area contributed by atoms with Gasteiger partial charge in [0, 0.05) is 30.4 Å². The summed E-state index contributed by atoms with van der Waals surface area (Å²) in [5.74, 6) is -0.548. The molecule has 0 spiro atoms. The molecule has 8 nitrogen and oxygen atoms in total. The van der Waals surface area contributed by atoms with Gasteiger partial charge >= 0.3 is 5.97 Å². The molecule has 0 bridgehead atoms. The zero-order chi connectivity index (χ0) is 26.1. The predicted octanol–water partition coefficient (Wildman–Crippen LogP) is 3.78. The summed E-state index contributed by atoms with van der Waals surface area (Å²) < 4.78 is 28.7. The lowest BCUT2D eigenvalue weighted by Gasteiger charge is -2.40. The van der Waals surface area contributed by atoms with Crippen LogP contribution < -0.4 is 18.9 Å². The molecule has 1 aliphatic heterocycles. The van der Waals surface area contributed by atoms with Crippen LogP contribution in [0, 0.1) is 17.8 Å². The van der Waals surface area contributed by atoms with Gasteiger partial charge in [0.2, 0.25) is 0 Å². The smallest absolute Gasteiger partial charge is 0.309 e. The molecule has 2 aliphatic rings. The Labute approximate surface area is 210 Å². The largest absolute Gasteiger partial charge is 0.497 e. The van der Waals surface area contributed by atoms with Gasteiger partial charge in [0.1, 0.15) is 34.9 Å². The summed E-state index contributed by atoms with van der Waals surface area (Å²) in [7, 11) is 4.41. The van der Waals surface area contributed by atoms with Gasteiger partial charge in [0.05, 0.1) is 39.4 Å². The highest BCUT2D eigenvalue weighted by Crippen LogP contribution is 2.70. The first-order valence-electron chi connectivity index (χ1n) is 11.9. The van der Waals surface area contributed by atoms with Gasteiger partial charge in [0.15, 0.2) is 5.60 Å². The van der Waals surface area contributed by atoms with Gasteiger partial charge in [-0.3, -0.25) is 4.79 Å². The molecular weight excluding hydrogens is 464 g/mol. The summed E-state index contributed by atoms with van der Waals surface area (Å²) in [6, 6.07) is 10.6. The van der Waals surface area contributed by atoms with Crippen molar-refractivity contribution in [2.45, 2.75) is 31.0 Å². The second kappa shape index (κ2) is 9.85. The number of hydrogen-bond acceptors (Lipinski definition) is 8. The van der Waals surface area contributed by atoms with Crippen LogP contribution in [-0.4, -0.2) is 45.3 Å². The van der Waals surface area contributed by atoms with Gasteiger partial charge in [-0.25, -0.2) is 0 Å². The van der Waals surface area contributed by atoms with E-state index < -0.39 is 34.9 Å². The Bertz CT molecular complexity index is 1140. The molecule has 4 rings (SSSR count). The van der Waals surface area contributed by atoms with E-state index in [0.29, 0.717) is 53.6 Å². The highest BCUT2D eigenvalue weighted by Gasteiger charge is 2.76. The van der Waals surface area contributed by atoms with Crippen LogP contribution in [0.2, 0.25) is 0 Å². The number of ether oxygens (including phenoxy) is 5. The fourth-order valence-electron chi connectivity index (χ4n) is 5.88. The molecule has 0 radical (unpaired) electrons. The van der Waals surface area contributed by atoms with Gasteiger partial charge in [-0.2, -0.15) is 0 Å². The maximum atomic E-state index is 13.0. The molecule has 192 valence electrons. The van der Waals surface area contributed by atoms with Crippen molar-refractivity contribution < 1.29 is 38.4 Å². The normalized spacial score (nSPS) is 27.9. The lowest BCUT2D eigenvalue weighted by atomic mass is 9.71. The molecule has 1 aliphatic carbocycles. The van der Waals surface area contributed by atoms with Crippen LogP contribution in [0.5, 0.6) is 23.0 Å². The van der Waals surface area contributed by atoms with E-state index in [1.165, 1.54) is 14.2 Å². The first-order chi connectivity index (χ1) is 17.3. The molecule has 0 amide bonds. The fourth-order valence-corrected chi connectivity index (χ4v) is 5.88. The van der Waals surface area contributed by atoms with Crippen LogP contribution in [0.4, 0.5) is 0 Å². The first kappa shape index (κ1) is 25.6. The van der Waals surface area contributed by atoms with Crippen molar-refractivity contribution in [2.75, 3.05) is 27.9 Å². The van der Waals surface area contributed by atoms with E-state index in [2.05, 4.69) is 6.58 Å². The van der Waals surface area contributed by atoms with Crippen LogP contribution in [-0.2, 0) is 25.5 Å². The maximum absolute atomic E-state index is 13.0. The van der Waals surface area contributed by atoms with Crippen molar-refractivity contribution in [3.8, 4) is 23.0 Å². The fraction of sp³-hybridized carbons (Fsp3) is 0.429. The van der Waals surface area contributed by atoms with Crippen molar-refractivity contribution in [1.82, 2.24) is 0 Å². The van der Waals surface area contributed by atoms with E-state index in [4.69, 9.17) is 23.7 Å². The molecule has 0 unspecified atom stereocenters. The van der Waals surface area contributed by atoms with E-state index in [9.17, 15) is 14.7 Å². The van der Waals surface area contributed by atoms with E-state index in [1.54, 1.807) is 37.5 Å². The third-order valence-corrected chi connectivity index (χ3v) is 7.51. The zero-order valence-corrected chi connectivity index (χ0v) is 21.0. The first-order valence-corrected chi connectivity index (χ1v) is 11.9. The van der Waals surface area contributed by atoms with Crippen molar-refractivity contribution in [3.63, 3.8) is 0 Å². The second-order valence-electron chi connectivity index (χ2n) is 9.09. The van der Waals surface area contributed by atoms with Gasteiger partial charge < -0.3 is 33.6 Å².